The van der Waals surface area contributed by atoms with Gasteiger partial charge in [0.25, 0.3) is 0 Å². The molecule has 0 spiro atoms. The molecule has 0 amide bonds. The molecule has 0 aliphatic carbocycles. The van der Waals surface area contributed by atoms with Gasteiger partial charge in [0, 0.05) is 0 Å². The van der Waals surface area contributed by atoms with Crippen molar-refractivity contribution in [3.05, 3.63) is 114 Å². The van der Waals surface area contributed by atoms with Gasteiger partial charge in [-0.05, 0) is 16.7 Å². The highest BCUT2D eigenvalue weighted by molar-refractivity contribution is 5.56. The maximum atomic E-state index is 11.4. The van der Waals surface area contributed by atoms with Gasteiger partial charge >= 0.3 is 0 Å². The van der Waals surface area contributed by atoms with Gasteiger partial charge in [0.15, 0.2) is 0 Å². The number of benzene rings is 3. The highest BCUT2D eigenvalue weighted by Gasteiger charge is 2.42. The van der Waals surface area contributed by atoms with Gasteiger partial charge in [-0.3, -0.25) is 0 Å². The first-order valence-corrected chi connectivity index (χ1v) is 9.68. The molecule has 1 saturated heterocycles. The maximum absolute atomic E-state index is 11.4. The average molecular weight is 387 g/mol. The van der Waals surface area contributed by atoms with Gasteiger partial charge in [-0.15, -0.1) is 0 Å². The highest BCUT2D eigenvalue weighted by Crippen LogP contribution is 2.41. The summed E-state index contributed by atoms with van der Waals surface area (Å²) in [5.41, 5.74) is 2.04. The number of carbonyl (C=O) groups excluding carboxylic acids is 1. The van der Waals surface area contributed by atoms with Crippen molar-refractivity contribution in [1.82, 2.24) is 0 Å². The number of aliphatic hydroxyl groups is 1. The van der Waals surface area contributed by atoms with Gasteiger partial charge in [0.2, 0.25) is 0 Å². The van der Waals surface area contributed by atoms with E-state index in [0.29, 0.717) is 0 Å². The van der Waals surface area contributed by atoms with Gasteiger partial charge in [0.05, 0.1) is 24.7 Å². The molecule has 0 saturated carbocycles. The number of hydrogen-bond acceptors (Lipinski definition) is 4. The lowest BCUT2D eigenvalue weighted by Gasteiger charge is -2.37. The van der Waals surface area contributed by atoms with E-state index in [1.165, 1.54) is 6.61 Å². The molecule has 1 unspecified atom stereocenters. The second kappa shape index (κ2) is 8.70. The van der Waals surface area contributed by atoms with Crippen LogP contribution in [0.25, 0.3) is 0 Å². The van der Waals surface area contributed by atoms with Crippen LogP contribution in [-0.2, 0) is 19.9 Å². The molecule has 1 fully saturated rings. The first-order valence-electron chi connectivity index (χ1n) is 9.68. The molecular weight excluding hydrogens is 364 g/mol. The molecule has 0 aromatic heterocycles. The summed E-state index contributed by atoms with van der Waals surface area (Å²) in [6, 6.07) is 30.0. The summed E-state index contributed by atoms with van der Waals surface area (Å²) < 4.78 is 12.2. The normalized spacial score (nSPS) is 21.8. The van der Waals surface area contributed by atoms with Crippen LogP contribution < -0.4 is 0 Å². The van der Waals surface area contributed by atoms with Crippen molar-refractivity contribution in [2.75, 3.05) is 6.61 Å². The molecule has 1 N–H and O–H groups in total. The molecule has 1 radical (unpaired) electrons. The van der Waals surface area contributed by atoms with Crippen molar-refractivity contribution in [2.24, 2.45) is 5.92 Å². The zero-order valence-electron chi connectivity index (χ0n) is 15.9. The van der Waals surface area contributed by atoms with E-state index >= 15 is 0 Å². The predicted molar refractivity (Wildman–Crippen MR) is 110 cm³/mol. The van der Waals surface area contributed by atoms with E-state index in [9.17, 15) is 9.90 Å². The summed E-state index contributed by atoms with van der Waals surface area (Å²) >= 11 is 0. The number of carbonyl (C=O) groups is 1. The number of rotatable bonds is 7. The predicted octanol–water partition coefficient (Wildman–Crippen LogP) is 3.73. The Morgan fingerprint density at radius 2 is 1.28 bits per heavy atom. The highest BCUT2D eigenvalue weighted by atomic mass is 16.6. The fourth-order valence-electron chi connectivity index (χ4n) is 3.88. The standard InChI is InChI=1S/C25H23O4/c26-16-22-23(27)17-28-24(22)18-29-25(19-10-4-1-5-11-19,20-12-6-2-7-13-20)21-14-8-3-9-15-21/h1-17,22-24,27H,18H2/t22?,23-,24+/m0/s1. The third kappa shape index (κ3) is 3.75. The van der Waals surface area contributed by atoms with Crippen LogP contribution in [0, 0.1) is 12.5 Å². The molecule has 4 rings (SSSR count). The third-order valence-electron chi connectivity index (χ3n) is 5.38. The Morgan fingerprint density at radius 1 is 0.828 bits per heavy atom. The molecule has 29 heavy (non-hydrogen) atoms. The Balaban J connectivity index is 1.81. The molecule has 0 bridgehead atoms. The smallest absolute Gasteiger partial charge is 0.143 e. The number of hydrogen-bond donors (Lipinski definition) is 1. The van der Waals surface area contributed by atoms with Crippen molar-refractivity contribution in [1.29, 1.82) is 0 Å². The van der Waals surface area contributed by atoms with Crippen molar-refractivity contribution in [2.45, 2.75) is 17.8 Å². The lowest BCUT2D eigenvalue weighted by atomic mass is 9.80. The van der Waals surface area contributed by atoms with Crippen LogP contribution in [0.4, 0.5) is 0 Å². The molecule has 1 aliphatic heterocycles. The van der Waals surface area contributed by atoms with Crippen molar-refractivity contribution >= 4 is 6.29 Å². The van der Waals surface area contributed by atoms with Gasteiger partial charge in [-0.2, -0.15) is 0 Å². The molecule has 4 heteroatoms. The number of aliphatic hydroxyl groups excluding tert-OH is 1. The molecule has 4 nitrogen and oxygen atoms in total. The summed E-state index contributed by atoms with van der Waals surface area (Å²) in [5, 5.41) is 9.97. The average Bonchev–Trinajstić information content (AvgIpc) is 3.16. The van der Waals surface area contributed by atoms with Gasteiger partial charge in [-0.1, -0.05) is 91.0 Å². The Labute approximate surface area is 170 Å². The molecule has 147 valence electrons. The Morgan fingerprint density at radius 3 is 1.69 bits per heavy atom. The first-order chi connectivity index (χ1) is 14.3. The zero-order chi connectivity index (χ0) is 20.1. The summed E-state index contributed by atoms with van der Waals surface area (Å²) in [6.07, 6.45) is -0.726. The summed E-state index contributed by atoms with van der Waals surface area (Å²) in [7, 11) is 0. The topological polar surface area (TPSA) is 55.8 Å². The van der Waals surface area contributed by atoms with Crippen molar-refractivity contribution in [3.8, 4) is 0 Å². The minimum Gasteiger partial charge on any atom is -0.389 e. The fraction of sp³-hybridized carbons (Fsp3) is 0.200. The molecule has 3 aromatic rings. The van der Waals surface area contributed by atoms with Crippen LogP contribution in [-0.4, -0.2) is 30.2 Å². The molecule has 1 heterocycles. The number of aldehydes is 1. The van der Waals surface area contributed by atoms with E-state index in [2.05, 4.69) is 0 Å². The first kappa shape index (κ1) is 19.5. The third-order valence-corrected chi connectivity index (χ3v) is 5.38. The maximum Gasteiger partial charge on any atom is 0.143 e. The van der Waals surface area contributed by atoms with E-state index in [1.54, 1.807) is 0 Å². The van der Waals surface area contributed by atoms with E-state index in [0.717, 1.165) is 23.0 Å². The summed E-state index contributed by atoms with van der Waals surface area (Å²) in [6.45, 7) is 1.46. The van der Waals surface area contributed by atoms with Crippen LogP contribution in [0.2, 0.25) is 0 Å². The van der Waals surface area contributed by atoms with Crippen LogP contribution in [0.3, 0.4) is 0 Å². The molecular formula is C25H23O4. The summed E-state index contributed by atoms with van der Waals surface area (Å²) in [4.78, 5) is 11.4. The van der Waals surface area contributed by atoms with Crippen LogP contribution in [0.1, 0.15) is 16.7 Å². The molecule has 1 aliphatic rings. The van der Waals surface area contributed by atoms with Gasteiger partial charge in [0.1, 0.15) is 18.5 Å². The minimum absolute atomic E-state index is 0.148. The van der Waals surface area contributed by atoms with Gasteiger partial charge < -0.3 is 19.4 Å². The lowest BCUT2D eigenvalue weighted by molar-refractivity contribution is -0.117. The molecule has 3 atom stereocenters. The summed E-state index contributed by atoms with van der Waals surface area (Å²) in [5.74, 6) is -0.643. The van der Waals surface area contributed by atoms with Crippen LogP contribution in [0.15, 0.2) is 91.0 Å². The largest absolute Gasteiger partial charge is 0.389 e. The van der Waals surface area contributed by atoms with E-state index in [4.69, 9.17) is 9.47 Å². The monoisotopic (exact) mass is 387 g/mol. The zero-order valence-corrected chi connectivity index (χ0v) is 15.9. The second-order valence-corrected chi connectivity index (χ2v) is 7.10. The Kier molecular flexibility index (Phi) is 5.86. The van der Waals surface area contributed by atoms with Crippen LogP contribution in [0.5, 0.6) is 0 Å². The quantitative estimate of drug-likeness (QED) is 0.496. The van der Waals surface area contributed by atoms with E-state index in [1.807, 2.05) is 91.0 Å². The van der Waals surface area contributed by atoms with E-state index in [-0.39, 0.29) is 6.61 Å². The Hall–Kier alpha value is -2.79. The fourth-order valence-corrected chi connectivity index (χ4v) is 3.88. The van der Waals surface area contributed by atoms with E-state index < -0.39 is 23.7 Å². The number of ether oxygens (including phenoxy) is 2. The van der Waals surface area contributed by atoms with Crippen molar-refractivity contribution in [3.63, 3.8) is 0 Å². The molecule has 3 aromatic carbocycles. The Bertz CT molecular complexity index is 815. The SMILES string of the molecule is O=CC1[C@@H](O)[CH]O[C@@H]1COC(c1ccccc1)(c1ccccc1)c1ccccc1. The van der Waals surface area contributed by atoms with Gasteiger partial charge in [-0.25, -0.2) is 0 Å². The lowest BCUT2D eigenvalue weighted by Crippen LogP contribution is -2.38. The van der Waals surface area contributed by atoms with Crippen LogP contribution >= 0.6 is 0 Å². The minimum atomic E-state index is -0.916. The second-order valence-electron chi connectivity index (χ2n) is 7.10. The van der Waals surface area contributed by atoms with Crippen molar-refractivity contribution < 1.29 is 19.4 Å².